The molecule has 0 radical (unpaired) electrons. The lowest BCUT2D eigenvalue weighted by Crippen LogP contribution is -2.22. The molecule has 1 fully saturated rings. The molecule has 106 valence electrons. The van der Waals surface area contributed by atoms with E-state index in [0.29, 0.717) is 6.04 Å². The summed E-state index contributed by atoms with van der Waals surface area (Å²) in [5, 5.41) is 5.50. The second-order valence-corrected chi connectivity index (χ2v) is 5.48. The van der Waals surface area contributed by atoms with Crippen molar-refractivity contribution in [2.45, 2.75) is 19.4 Å². The van der Waals surface area contributed by atoms with E-state index in [1.165, 1.54) is 5.56 Å². The van der Waals surface area contributed by atoms with Crippen molar-refractivity contribution < 1.29 is 0 Å². The fourth-order valence-electron chi connectivity index (χ4n) is 2.93. The molecular formula is C15H16N6. The third kappa shape index (κ3) is 2.12. The highest BCUT2D eigenvalue weighted by atomic mass is 15.3. The maximum absolute atomic E-state index is 4.48. The van der Waals surface area contributed by atoms with Crippen molar-refractivity contribution in [2.75, 3.05) is 18.0 Å². The molecule has 4 rings (SSSR count). The van der Waals surface area contributed by atoms with Crippen LogP contribution in [0.4, 0.5) is 5.82 Å². The molecule has 0 bridgehead atoms. The third-order valence-electron chi connectivity index (χ3n) is 3.99. The van der Waals surface area contributed by atoms with Gasteiger partial charge in [0.05, 0.1) is 24.0 Å². The lowest BCUT2D eigenvalue weighted by atomic mass is 10.2. The van der Waals surface area contributed by atoms with Gasteiger partial charge in [-0.3, -0.25) is 9.67 Å². The maximum Gasteiger partial charge on any atom is 0.140 e. The average Bonchev–Trinajstić information content (AvgIpc) is 3.15. The van der Waals surface area contributed by atoms with Gasteiger partial charge >= 0.3 is 0 Å². The number of nitrogens with zero attached hydrogens (tertiary/aromatic N) is 6. The van der Waals surface area contributed by atoms with E-state index < -0.39 is 0 Å². The number of hydrogen-bond acceptors (Lipinski definition) is 5. The van der Waals surface area contributed by atoms with Gasteiger partial charge in [0.15, 0.2) is 0 Å². The maximum atomic E-state index is 4.48. The van der Waals surface area contributed by atoms with E-state index >= 15 is 0 Å². The van der Waals surface area contributed by atoms with Crippen LogP contribution in [0.2, 0.25) is 0 Å². The monoisotopic (exact) mass is 280 g/mol. The second kappa shape index (κ2) is 4.80. The first-order valence-electron chi connectivity index (χ1n) is 7.12. The Morgan fingerprint density at radius 1 is 1.24 bits per heavy atom. The SMILES string of the molecule is Cc1cnn(C2CCN(c3ncnc4cnccc34)C2)c1. The number of hydrogen-bond donors (Lipinski definition) is 0. The van der Waals surface area contributed by atoms with Crippen LogP contribution in [0.1, 0.15) is 18.0 Å². The van der Waals surface area contributed by atoms with Crippen LogP contribution in [0.3, 0.4) is 0 Å². The topological polar surface area (TPSA) is 59.7 Å². The predicted octanol–water partition coefficient (Wildman–Crippen LogP) is 1.98. The smallest absolute Gasteiger partial charge is 0.140 e. The third-order valence-corrected chi connectivity index (χ3v) is 3.99. The van der Waals surface area contributed by atoms with Gasteiger partial charge in [-0.15, -0.1) is 0 Å². The molecule has 1 atom stereocenters. The molecule has 1 aliphatic rings. The Morgan fingerprint density at radius 2 is 2.19 bits per heavy atom. The number of fused-ring (bicyclic) bond motifs is 1. The first kappa shape index (κ1) is 12.3. The number of anilines is 1. The van der Waals surface area contributed by atoms with E-state index in [4.69, 9.17) is 0 Å². The van der Waals surface area contributed by atoms with E-state index in [1.807, 2.05) is 12.3 Å². The van der Waals surface area contributed by atoms with Gasteiger partial charge in [0.1, 0.15) is 12.1 Å². The normalized spacial score (nSPS) is 18.5. The quantitative estimate of drug-likeness (QED) is 0.718. The molecule has 0 N–H and O–H groups in total. The Kier molecular flexibility index (Phi) is 2.80. The van der Waals surface area contributed by atoms with Gasteiger partial charge in [0.2, 0.25) is 0 Å². The fourth-order valence-corrected chi connectivity index (χ4v) is 2.93. The molecule has 1 unspecified atom stereocenters. The molecule has 6 heteroatoms. The van der Waals surface area contributed by atoms with Gasteiger partial charge in [-0.25, -0.2) is 9.97 Å². The molecule has 0 amide bonds. The van der Waals surface area contributed by atoms with Crippen molar-refractivity contribution in [1.82, 2.24) is 24.7 Å². The molecule has 1 saturated heterocycles. The summed E-state index contributed by atoms with van der Waals surface area (Å²) in [5.74, 6) is 0.994. The Morgan fingerprint density at radius 3 is 3.05 bits per heavy atom. The summed E-state index contributed by atoms with van der Waals surface area (Å²) in [6.07, 6.45) is 10.3. The summed E-state index contributed by atoms with van der Waals surface area (Å²) in [7, 11) is 0. The molecule has 1 aliphatic heterocycles. The van der Waals surface area contributed by atoms with Crippen molar-refractivity contribution in [1.29, 1.82) is 0 Å². The molecule has 21 heavy (non-hydrogen) atoms. The Hall–Kier alpha value is -2.50. The zero-order valence-corrected chi connectivity index (χ0v) is 11.8. The van der Waals surface area contributed by atoms with Crippen LogP contribution in [-0.2, 0) is 0 Å². The van der Waals surface area contributed by atoms with Gasteiger partial charge in [0.25, 0.3) is 0 Å². The highest BCUT2D eigenvalue weighted by molar-refractivity contribution is 5.88. The van der Waals surface area contributed by atoms with Crippen LogP contribution in [-0.4, -0.2) is 37.8 Å². The van der Waals surface area contributed by atoms with Crippen LogP contribution in [0, 0.1) is 6.92 Å². The van der Waals surface area contributed by atoms with E-state index in [1.54, 1.807) is 18.7 Å². The molecule has 0 saturated carbocycles. The van der Waals surface area contributed by atoms with Crippen LogP contribution in [0.25, 0.3) is 10.9 Å². The van der Waals surface area contributed by atoms with Crippen LogP contribution < -0.4 is 4.90 Å². The standard InChI is InChI=1S/C15H16N6/c1-11-6-19-21(8-11)12-3-5-20(9-12)15-13-2-4-16-7-14(13)17-10-18-15/h2,4,6-8,10,12H,3,5,9H2,1H3. The van der Waals surface area contributed by atoms with Gasteiger partial charge in [-0.05, 0) is 25.0 Å². The van der Waals surface area contributed by atoms with Crippen molar-refractivity contribution in [3.05, 3.63) is 42.7 Å². The van der Waals surface area contributed by atoms with E-state index in [-0.39, 0.29) is 0 Å². The van der Waals surface area contributed by atoms with E-state index in [9.17, 15) is 0 Å². The number of rotatable bonds is 2. The molecule has 6 nitrogen and oxygen atoms in total. The molecule has 0 aromatic carbocycles. The summed E-state index contributed by atoms with van der Waals surface area (Å²) < 4.78 is 2.07. The largest absolute Gasteiger partial charge is 0.354 e. The predicted molar refractivity (Wildman–Crippen MR) is 80.2 cm³/mol. The Labute approximate surface area is 122 Å². The van der Waals surface area contributed by atoms with Gasteiger partial charge in [-0.1, -0.05) is 0 Å². The number of aryl methyl sites for hydroxylation is 1. The summed E-state index contributed by atoms with van der Waals surface area (Å²) in [6, 6.07) is 2.39. The van der Waals surface area contributed by atoms with Crippen LogP contribution in [0.15, 0.2) is 37.2 Å². The van der Waals surface area contributed by atoms with E-state index in [0.717, 1.165) is 36.2 Å². The van der Waals surface area contributed by atoms with Gasteiger partial charge in [-0.2, -0.15) is 5.10 Å². The Bertz CT molecular complexity index is 775. The highest BCUT2D eigenvalue weighted by Crippen LogP contribution is 2.29. The average molecular weight is 280 g/mol. The molecule has 3 aromatic heterocycles. The van der Waals surface area contributed by atoms with Crippen LogP contribution in [0.5, 0.6) is 0 Å². The zero-order chi connectivity index (χ0) is 14.2. The van der Waals surface area contributed by atoms with Crippen LogP contribution >= 0.6 is 0 Å². The fraction of sp³-hybridized carbons (Fsp3) is 0.333. The minimum atomic E-state index is 0.408. The molecule has 0 spiro atoms. The summed E-state index contributed by atoms with van der Waals surface area (Å²) in [6.45, 7) is 3.98. The second-order valence-electron chi connectivity index (χ2n) is 5.48. The lowest BCUT2D eigenvalue weighted by molar-refractivity contribution is 0.494. The van der Waals surface area contributed by atoms with Crippen molar-refractivity contribution in [2.24, 2.45) is 0 Å². The first-order chi connectivity index (χ1) is 10.3. The summed E-state index contributed by atoms with van der Waals surface area (Å²) in [5.41, 5.74) is 2.09. The van der Waals surface area contributed by atoms with E-state index in [2.05, 4.69) is 42.8 Å². The molecule has 3 aromatic rings. The molecular weight excluding hydrogens is 264 g/mol. The summed E-state index contributed by atoms with van der Waals surface area (Å²) in [4.78, 5) is 15.2. The number of pyridine rings is 1. The van der Waals surface area contributed by atoms with Gasteiger partial charge in [0, 0.05) is 30.9 Å². The zero-order valence-electron chi connectivity index (χ0n) is 11.8. The van der Waals surface area contributed by atoms with Crippen molar-refractivity contribution in [3.63, 3.8) is 0 Å². The van der Waals surface area contributed by atoms with Crippen molar-refractivity contribution in [3.8, 4) is 0 Å². The molecule has 0 aliphatic carbocycles. The Balaban J connectivity index is 1.65. The minimum absolute atomic E-state index is 0.408. The summed E-state index contributed by atoms with van der Waals surface area (Å²) >= 11 is 0. The lowest BCUT2D eigenvalue weighted by Gasteiger charge is -2.18. The van der Waals surface area contributed by atoms with Crippen molar-refractivity contribution >= 4 is 16.7 Å². The highest BCUT2D eigenvalue weighted by Gasteiger charge is 2.26. The minimum Gasteiger partial charge on any atom is -0.354 e. The first-order valence-corrected chi connectivity index (χ1v) is 7.12. The molecule has 4 heterocycles. The van der Waals surface area contributed by atoms with Gasteiger partial charge < -0.3 is 4.90 Å². The number of aromatic nitrogens is 5.